The van der Waals surface area contributed by atoms with Crippen molar-refractivity contribution in [3.63, 3.8) is 0 Å². The maximum Gasteiger partial charge on any atom is 0.316 e. The van der Waals surface area contributed by atoms with E-state index in [1.54, 1.807) is 13.0 Å². The van der Waals surface area contributed by atoms with Gasteiger partial charge in [-0.1, -0.05) is 12.7 Å². The molecule has 3 heteroatoms. The van der Waals surface area contributed by atoms with Crippen LogP contribution in [0.4, 0.5) is 0 Å². The molecule has 0 radical (unpaired) electrons. The molecule has 0 aromatic carbocycles. The summed E-state index contributed by atoms with van der Waals surface area (Å²) in [4.78, 5) is 10.4. The number of esters is 1. The SMILES string of the molecule is C=CC(C)OC(=O)CS. The predicted molar refractivity (Wildman–Crippen MR) is 39.6 cm³/mol. The third-order valence-corrected chi connectivity index (χ3v) is 1.04. The highest BCUT2D eigenvalue weighted by Gasteiger charge is 2.01. The van der Waals surface area contributed by atoms with Crippen molar-refractivity contribution in [2.45, 2.75) is 13.0 Å². The van der Waals surface area contributed by atoms with Crippen LogP contribution in [0.2, 0.25) is 0 Å². The summed E-state index contributed by atoms with van der Waals surface area (Å²) in [5.41, 5.74) is 0. The number of thiol groups is 1. The number of carbonyl (C=O) groups is 1. The van der Waals surface area contributed by atoms with Crippen LogP contribution < -0.4 is 0 Å². The molecule has 0 aliphatic heterocycles. The number of rotatable bonds is 3. The van der Waals surface area contributed by atoms with E-state index in [-0.39, 0.29) is 17.8 Å². The van der Waals surface area contributed by atoms with E-state index < -0.39 is 0 Å². The molecular formula is C6H10O2S. The lowest BCUT2D eigenvalue weighted by atomic mass is 10.4. The van der Waals surface area contributed by atoms with Gasteiger partial charge >= 0.3 is 5.97 Å². The maximum absolute atomic E-state index is 10.4. The molecule has 0 amide bonds. The summed E-state index contributed by atoms with van der Waals surface area (Å²) < 4.78 is 4.72. The molecule has 0 rings (SSSR count). The summed E-state index contributed by atoms with van der Waals surface area (Å²) in [6, 6.07) is 0. The average molecular weight is 146 g/mol. The largest absolute Gasteiger partial charge is 0.458 e. The van der Waals surface area contributed by atoms with Crippen molar-refractivity contribution < 1.29 is 9.53 Å². The molecule has 9 heavy (non-hydrogen) atoms. The van der Waals surface area contributed by atoms with E-state index in [9.17, 15) is 4.79 Å². The highest BCUT2D eigenvalue weighted by molar-refractivity contribution is 7.81. The molecule has 1 unspecified atom stereocenters. The molecule has 1 atom stereocenters. The van der Waals surface area contributed by atoms with E-state index in [0.717, 1.165) is 0 Å². The van der Waals surface area contributed by atoms with Crippen LogP contribution in [-0.2, 0) is 9.53 Å². The van der Waals surface area contributed by atoms with E-state index in [1.807, 2.05) is 0 Å². The molecule has 0 N–H and O–H groups in total. The fourth-order valence-corrected chi connectivity index (χ4v) is 0.367. The van der Waals surface area contributed by atoms with Gasteiger partial charge in [0, 0.05) is 0 Å². The minimum absolute atomic E-state index is 0.123. The molecule has 0 aromatic rings. The Balaban J connectivity index is 3.46. The summed E-state index contributed by atoms with van der Waals surface area (Å²) in [7, 11) is 0. The van der Waals surface area contributed by atoms with Gasteiger partial charge in [-0.25, -0.2) is 0 Å². The second-order valence-electron chi connectivity index (χ2n) is 1.59. The Hall–Kier alpha value is -0.440. The van der Waals surface area contributed by atoms with Crippen LogP contribution in [0.3, 0.4) is 0 Å². The van der Waals surface area contributed by atoms with Crippen molar-refractivity contribution in [1.82, 2.24) is 0 Å². The second kappa shape index (κ2) is 4.44. The van der Waals surface area contributed by atoms with E-state index >= 15 is 0 Å². The minimum Gasteiger partial charge on any atom is -0.458 e. The summed E-state index contributed by atoms with van der Waals surface area (Å²) in [5.74, 6) is -0.191. The van der Waals surface area contributed by atoms with Crippen molar-refractivity contribution in [3.05, 3.63) is 12.7 Å². The van der Waals surface area contributed by atoms with Gasteiger partial charge in [0.2, 0.25) is 0 Å². The standard InChI is InChI=1S/C6H10O2S/c1-3-5(2)8-6(7)4-9/h3,5,9H,1,4H2,2H3. The zero-order valence-corrected chi connectivity index (χ0v) is 6.23. The summed E-state index contributed by atoms with van der Waals surface area (Å²) in [5, 5.41) is 0. The van der Waals surface area contributed by atoms with Gasteiger partial charge in [-0.15, -0.1) is 0 Å². The van der Waals surface area contributed by atoms with Gasteiger partial charge in [0.25, 0.3) is 0 Å². The molecule has 0 aliphatic carbocycles. The molecule has 0 bridgehead atoms. The van der Waals surface area contributed by atoms with Crippen molar-refractivity contribution in [3.8, 4) is 0 Å². The molecule has 52 valence electrons. The molecule has 2 nitrogen and oxygen atoms in total. The van der Waals surface area contributed by atoms with Gasteiger partial charge < -0.3 is 4.74 Å². The Morgan fingerprint density at radius 3 is 2.89 bits per heavy atom. The van der Waals surface area contributed by atoms with Crippen LogP contribution in [-0.4, -0.2) is 17.8 Å². The predicted octanol–water partition coefficient (Wildman–Crippen LogP) is 1.03. The van der Waals surface area contributed by atoms with Crippen LogP contribution in [0, 0.1) is 0 Å². The summed E-state index contributed by atoms with van der Waals surface area (Å²) in [6.45, 7) is 5.19. The number of carbonyl (C=O) groups excluding carboxylic acids is 1. The monoisotopic (exact) mass is 146 g/mol. The zero-order valence-electron chi connectivity index (χ0n) is 5.33. The number of ether oxygens (including phenoxy) is 1. The molecule has 0 saturated carbocycles. The van der Waals surface area contributed by atoms with Crippen molar-refractivity contribution >= 4 is 18.6 Å². The third kappa shape index (κ3) is 4.09. The van der Waals surface area contributed by atoms with Crippen molar-refractivity contribution in [1.29, 1.82) is 0 Å². The average Bonchev–Trinajstić information content (AvgIpc) is 1.87. The van der Waals surface area contributed by atoms with Gasteiger partial charge in [0.05, 0.1) is 5.75 Å². The molecule has 0 fully saturated rings. The Labute approximate surface area is 60.3 Å². The lowest BCUT2D eigenvalue weighted by Crippen LogP contribution is -2.12. The fourth-order valence-electron chi connectivity index (χ4n) is 0.293. The van der Waals surface area contributed by atoms with Gasteiger partial charge in [-0.05, 0) is 6.92 Å². The third-order valence-electron chi connectivity index (χ3n) is 0.778. The van der Waals surface area contributed by atoms with Gasteiger partial charge in [-0.3, -0.25) is 4.79 Å². The summed E-state index contributed by atoms with van der Waals surface area (Å²) in [6.07, 6.45) is 1.35. The molecule has 0 heterocycles. The Bertz CT molecular complexity index is 112. The maximum atomic E-state index is 10.4. The molecule has 0 spiro atoms. The highest BCUT2D eigenvalue weighted by atomic mass is 32.1. The number of hydrogen-bond donors (Lipinski definition) is 1. The first-order valence-electron chi connectivity index (χ1n) is 2.63. The first-order valence-corrected chi connectivity index (χ1v) is 3.27. The van der Waals surface area contributed by atoms with Crippen LogP contribution in [0.25, 0.3) is 0 Å². The first-order chi connectivity index (χ1) is 4.20. The lowest BCUT2D eigenvalue weighted by molar-refractivity contribution is -0.142. The van der Waals surface area contributed by atoms with E-state index in [4.69, 9.17) is 4.74 Å². The molecule has 0 aliphatic rings. The van der Waals surface area contributed by atoms with Gasteiger partial charge in [0.15, 0.2) is 0 Å². The van der Waals surface area contributed by atoms with Crippen LogP contribution in [0.15, 0.2) is 12.7 Å². The smallest absolute Gasteiger partial charge is 0.316 e. The Morgan fingerprint density at radius 1 is 2.00 bits per heavy atom. The molecular weight excluding hydrogens is 136 g/mol. The van der Waals surface area contributed by atoms with Crippen LogP contribution in [0.5, 0.6) is 0 Å². The van der Waals surface area contributed by atoms with Crippen LogP contribution >= 0.6 is 12.6 Å². The van der Waals surface area contributed by atoms with E-state index in [2.05, 4.69) is 19.2 Å². The second-order valence-corrected chi connectivity index (χ2v) is 1.91. The molecule has 0 aromatic heterocycles. The Kier molecular flexibility index (Phi) is 4.22. The van der Waals surface area contributed by atoms with E-state index in [1.165, 1.54) is 0 Å². The van der Waals surface area contributed by atoms with E-state index in [0.29, 0.717) is 0 Å². The Morgan fingerprint density at radius 2 is 2.56 bits per heavy atom. The van der Waals surface area contributed by atoms with Crippen LogP contribution in [0.1, 0.15) is 6.92 Å². The zero-order chi connectivity index (χ0) is 7.28. The summed E-state index contributed by atoms with van der Waals surface area (Å²) >= 11 is 3.72. The first kappa shape index (κ1) is 8.56. The van der Waals surface area contributed by atoms with Gasteiger partial charge in [-0.2, -0.15) is 12.6 Å². The van der Waals surface area contributed by atoms with Gasteiger partial charge in [0.1, 0.15) is 6.10 Å². The lowest BCUT2D eigenvalue weighted by Gasteiger charge is -2.05. The molecule has 0 saturated heterocycles. The van der Waals surface area contributed by atoms with Crippen molar-refractivity contribution in [2.75, 3.05) is 5.75 Å². The highest BCUT2D eigenvalue weighted by Crippen LogP contribution is 1.92. The fraction of sp³-hybridized carbons (Fsp3) is 0.500. The topological polar surface area (TPSA) is 26.3 Å². The van der Waals surface area contributed by atoms with Crippen molar-refractivity contribution in [2.24, 2.45) is 0 Å². The quantitative estimate of drug-likeness (QED) is 0.366. The minimum atomic E-state index is -0.314. The number of hydrogen-bond acceptors (Lipinski definition) is 3. The normalized spacial score (nSPS) is 12.2.